The average Bonchev–Trinajstić information content (AvgIpc) is 3.19. The monoisotopic (exact) mass is 742 g/mol. The number of anilines is 2. The Morgan fingerprint density at radius 2 is 1.59 bits per heavy atom. The molecule has 1 aliphatic rings. The number of aliphatic carboxylic acids is 1. The first kappa shape index (κ1) is 38.4. The maximum absolute atomic E-state index is 14.0. The zero-order valence-electron chi connectivity index (χ0n) is 26.7. The molecular formula is C34H33F3N6O6S2. The number of nitrogen functional groups attached to an aromatic ring is 2. The Morgan fingerprint density at radius 1 is 0.941 bits per heavy atom. The zero-order chi connectivity index (χ0) is 37.3. The molecule has 0 unspecified atom stereocenters. The maximum Gasteiger partial charge on any atom is 0.490 e. The van der Waals surface area contributed by atoms with Gasteiger partial charge in [0.05, 0.1) is 11.4 Å². The highest BCUT2D eigenvalue weighted by atomic mass is 32.2. The van der Waals surface area contributed by atoms with E-state index in [1.807, 2.05) is 36.4 Å². The number of carbonyl (C=O) groups is 3. The largest absolute Gasteiger partial charge is 0.490 e. The van der Waals surface area contributed by atoms with Crippen LogP contribution in [0.4, 0.5) is 24.5 Å². The molecular weight excluding hydrogens is 710 g/mol. The van der Waals surface area contributed by atoms with Crippen LogP contribution in [-0.2, 0) is 36.7 Å². The molecule has 1 aliphatic heterocycles. The number of hydrogen-bond acceptors (Lipinski definition) is 8. The second-order valence-electron chi connectivity index (χ2n) is 11.1. The van der Waals surface area contributed by atoms with E-state index in [-0.39, 0.29) is 30.4 Å². The van der Waals surface area contributed by atoms with Gasteiger partial charge in [-0.25, -0.2) is 17.9 Å². The molecule has 0 saturated heterocycles. The minimum atomic E-state index is -5.08. The number of benzene rings is 4. The molecule has 5 rings (SSSR count). The van der Waals surface area contributed by atoms with Gasteiger partial charge in [0.2, 0.25) is 21.8 Å². The van der Waals surface area contributed by atoms with Crippen LogP contribution in [0.15, 0.2) is 102 Å². The third kappa shape index (κ3) is 11.1. The summed E-state index contributed by atoms with van der Waals surface area (Å²) in [5.41, 5.74) is 16.2. The highest BCUT2D eigenvalue weighted by Gasteiger charge is 2.38. The molecule has 0 aliphatic carbocycles. The number of halogens is 3. The van der Waals surface area contributed by atoms with Gasteiger partial charge in [0.25, 0.3) is 0 Å². The van der Waals surface area contributed by atoms with Crippen LogP contribution in [0.1, 0.15) is 16.7 Å². The highest BCUT2D eigenvalue weighted by Crippen LogP contribution is 2.38. The van der Waals surface area contributed by atoms with Crippen LogP contribution in [0.5, 0.6) is 0 Å². The Bertz CT molecular complexity index is 2010. The highest BCUT2D eigenvalue weighted by molar-refractivity contribution is 7.99. The molecule has 4 aromatic rings. The van der Waals surface area contributed by atoms with E-state index < -0.39 is 40.0 Å². The second kappa shape index (κ2) is 16.5. The van der Waals surface area contributed by atoms with Gasteiger partial charge in [0.1, 0.15) is 18.4 Å². The molecule has 1 heterocycles. The minimum Gasteiger partial charge on any atom is -0.475 e. The SMILES string of the molecule is N=C(N)c1ccc(CNC(=O)CN2C(=O)[C@H](NS(=O)(=O)Cc3ccccc3)CSc3ccc(-c4cccc(N)c4)cc32)cc1.O=C(O)C(F)(F)F. The first-order valence-electron chi connectivity index (χ1n) is 15.0. The van der Waals surface area contributed by atoms with Gasteiger partial charge in [0.15, 0.2) is 0 Å². The molecule has 0 radical (unpaired) electrons. The molecule has 4 aromatic carbocycles. The summed E-state index contributed by atoms with van der Waals surface area (Å²) in [4.78, 5) is 38.2. The van der Waals surface area contributed by atoms with Crippen molar-refractivity contribution in [3.8, 4) is 11.1 Å². The molecule has 51 heavy (non-hydrogen) atoms. The normalized spacial score (nSPS) is 14.4. The topological polar surface area (TPSA) is 209 Å². The predicted molar refractivity (Wildman–Crippen MR) is 188 cm³/mol. The maximum atomic E-state index is 14.0. The van der Waals surface area contributed by atoms with Crippen molar-refractivity contribution in [2.45, 2.75) is 29.4 Å². The number of nitrogens with one attached hydrogen (secondary N) is 3. The lowest BCUT2D eigenvalue weighted by atomic mass is 10.0. The third-order valence-corrected chi connectivity index (χ3v) is 9.77. The number of carboxylic acids is 1. The standard InChI is InChI=1S/C32H32N6O4S2.C2HF3O2/c33-26-8-4-7-24(15-26)25-13-14-29-28(16-25)38(18-30(39)36-17-21-9-11-23(12-10-21)31(34)35)32(40)27(19-43-29)37-44(41,42)20-22-5-2-1-3-6-22;3-2(4,5)1(6)7/h1-16,27,37H,17-20,33H2,(H3,34,35)(H,36,39);(H,6,7)/t27-;/m1./s1. The molecule has 12 nitrogen and oxygen atoms in total. The lowest BCUT2D eigenvalue weighted by Gasteiger charge is -2.26. The smallest absolute Gasteiger partial charge is 0.475 e. The van der Waals surface area contributed by atoms with E-state index in [1.165, 1.54) is 16.7 Å². The molecule has 0 fully saturated rings. The molecule has 1 atom stereocenters. The number of sulfonamides is 1. The summed E-state index contributed by atoms with van der Waals surface area (Å²) in [7, 11) is -3.88. The van der Waals surface area contributed by atoms with Crippen LogP contribution in [0, 0.1) is 5.41 Å². The van der Waals surface area contributed by atoms with Crippen molar-refractivity contribution in [3.05, 3.63) is 114 Å². The fourth-order valence-corrected chi connectivity index (χ4v) is 7.29. The van der Waals surface area contributed by atoms with E-state index in [4.69, 9.17) is 26.8 Å². The second-order valence-corrected chi connectivity index (χ2v) is 14.0. The van der Waals surface area contributed by atoms with E-state index in [0.29, 0.717) is 22.5 Å². The molecule has 268 valence electrons. The Labute approximate surface area is 295 Å². The molecule has 2 amide bonds. The number of nitrogens with two attached hydrogens (primary N) is 2. The molecule has 17 heteroatoms. The van der Waals surface area contributed by atoms with Crippen molar-refractivity contribution in [3.63, 3.8) is 0 Å². The van der Waals surface area contributed by atoms with Crippen molar-refractivity contribution in [2.24, 2.45) is 5.73 Å². The van der Waals surface area contributed by atoms with Gasteiger partial charge in [0, 0.05) is 28.4 Å². The van der Waals surface area contributed by atoms with E-state index in [9.17, 15) is 31.2 Å². The van der Waals surface area contributed by atoms with Gasteiger partial charge in [-0.1, -0.05) is 72.8 Å². The number of carbonyl (C=O) groups excluding carboxylic acids is 2. The van der Waals surface area contributed by atoms with Crippen molar-refractivity contribution < 1.29 is 41.1 Å². The van der Waals surface area contributed by atoms with E-state index in [1.54, 1.807) is 60.7 Å². The van der Waals surface area contributed by atoms with Crippen LogP contribution >= 0.6 is 11.8 Å². The quantitative estimate of drug-likeness (QED) is 0.0784. The number of carboxylic acid groups (broad SMARTS) is 1. The number of amides is 2. The summed E-state index contributed by atoms with van der Waals surface area (Å²) in [6, 6.07) is 27.5. The number of fused-ring (bicyclic) bond motifs is 1. The Hall–Kier alpha value is -5.39. The number of thioether (sulfide) groups is 1. The van der Waals surface area contributed by atoms with Crippen LogP contribution in [0.25, 0.3) is 11.1 Å². The van der Waals surface area contributed by atoms with E-state index in [2.05, 4.69) is 10.0 Å². The molecule has 0 bridgehead atoms. The fourth-order valence-electron chi connectivity index (χ4n) is 4.80. The average molecular weight is 743 g/mol. The van der Waals surface area contributed by atoms with Gasteiger partial charge < -0.3 is 26.8 Å². The molecule has 0 saturated carbocycles. The number of nitrogens with zero attached hydrogens (tertiary/aromatic N) is 1. The summed E-state index contributed by atoms with van der Waals surface area (Å²) < 4.78 is 60.6. The van der Waals surface area contributed by atoms with Crippen LogP contribution in [0.2, 0.25) is 0 Å². The fraction of sp³-hybridized carbons (Fsp3) is 0.176. The third-order valence-electron chi connectivity index (χ3n) is 7.26. The number of amidine groups is 1. The first-order chi connectivity index (χ1) is 24.0. The number of alkyl halides is 3. The Morgan fingerprint density at radius 3 is 2.20 bits per heavy atom. The van der Waals surface area contributed by atoms with Crippen LogP contribution in [0.3, 0.4) is 0 Å². The molecule has 0 spiro atoms. The van der Waals surface area contributed by atoms with Crippen LogP contribution < -0.4 is 26.4 Å². The first-order valence-corrected chi connectivity index (χ1v) is 17.6. The van der Waals surface area contributed by atoms with Crippen LogP contribution in [-0.4, -0.2) is 61.7 Å². The number of rotatable bonds is 10. The predicted octanol–water partition coefficient (Wildman–Crippen LogP) is 4.10. The van der Waals surface area contributed by atoms with Crippen molar-refractivity contribution in [1.29, 1.82) is 5.41 Å². The lowest BCUT2D eigenvalue weighted by molar-refractivity contribution is -0.192. The molecule has 8 N–H and O–H groups in total. The summed E-state index contributed by atoms with van der Waals surface area (Å²) >= 11 is 1.35. The van der Waals surface area contributed by atoms with Crippen molar-refractivity contribution in [1.82, 2.24) is 10.0 Å². The summed E-state index contributed by atoms with van der Waals surface area (Å²) in [5.74, 6) is -3.89. The molecule has 0 aromatic heterocycles. The Kier molecular flexibility index (Phi) is 12.5. The Balaban J connectivity index is 0.000000755. The van der Waals surface area contributed by atoms with Crippen molar-refractivity contribution >= 4 is 56.8 Å². The van der Waals surface area contributed by atoms with E-state index >= 15 is 0 Å². The lowest BCUT2D eigenvalue weighted by Crippen LogP contribution is -2.51. The van der Waals surface area contributed by atoms with Gasteiger partial charge in [-0.05, 0) is 46.5 Å². The van der Waals surface area contributed by atoms with Gasteiger partial charge in [-0.2, -0.15) is 13.2 Å². The summed E-state index contributed by atoms with van der Waals surface area (Å²) in [6.07, 6.45) is -5.08. The number of hydrogen-bond donors (Lipinski definition) is 6. The van der Waals surface area contributed by atoms with Gasteiger partial charge >= 0.3 is 12.1 Å². The summed E-state index contributed by atoms with van der Waals surface area (Å²) in [5, 5.41) is 17.5. The summed E-state index contributed by atoms with van der Waals surface area (Å²) in [6.45, 7) is -0.133. The van der Waals surface area contributed by atoms with Crippen molar-refractivity contribution in [2.75, 3.05) is 22.9 Å². The zero-order valence-corrected chi connectivity index (χ0v) is 28.3. The van der Waals surface area contributed by atoms with Gasteiger partial charge in [-0.15, -0.1) is 11.8 Å². The van der Waals surface area contributed by atoms with Gasteiger partial charge in [-0.3, -0.25) is 15.0 Å². The van der Waals surface area contributed by atoms with E-state index in [0.717, 1.165) is 21.6 Å². The minimum absolute atomic E-state index is 0.0525.